The van der Waals surface area contributed by atoms with E-state index in [4.69, 9.17) is 0 Å². The molecule has 0 atom stereocenters. The van der Waals surface area contributed by atoms with Crippen LogP contribution in [0, 0.1) is 6.92 Å². The zero-order valence-electron chi connectivity index (χ0n) is 9.96. The van der Waals surface area contributed by atoms with Gasteiger partial charge in [-0.25, -0.2) is 0 Å². The van der Waals surface area contributed by atoms with Crippen molar-refractivity contribution in [3.63, 3.8) is 0 Å². The molecule has 0 aliphatic carbocycles. The highest BCUT2D eigenvalue weighted by molar-refractivity contribution is 9.10. The highest BCUT2D eigenvalue weighted by atomic mass is 79.9. The molecule has 0 radical (unpaired) electrons. The highest BCUT2D eigenvalue weighted by Gasteiger charge is 2.18. The van der Waals surface area contributed by atoms with Crippen LogP contribution in [-0.2, 0) is 0 Å². The van der Waals surface area contributed by atoms with Crippen molar-refractivity contribution < 1.29 is 0 Å². The van der Waals surface area contributed by atoms with E-state index in [0.717, 1.165) is 13.1 Å². The van der Waals surface area contributed by atoms with E-state index in [-0.39, 0.29) is 0 Å². The summed E-state index contributed by atoms with van der Waals surface area (Å²) < 4.78 is 1.17. The molecule has 0 amide bonds. The van der Waals surface area contributed by atoms with Crippen LogP contribution < -0.4 is 10.2 Å². The molecule has 1 aliphatic rings. The zero-order chi connectivity index (χ0) is 11.5. The summed E-state index contributed by atoms with van der Waals surface area (Å²) in [6.45, 7) is 4.50. The van der Waals surface area contributed by atoms with Crippen molar-refractivity contribution in [2.24, 2.45) is 0 Å². The molecule has 0 aromatic heterocycles. The Morgan fingerprint density at radius 1 is 1.31 bits per heavy atom. The molecule has 1 N–H and O–H groups in total. The molecule has 16 heavy (non-hydrogen) atoms. The van der Waals surface area contributed by atoms with Crippen molar-refractivity contribution in [3.8, 4) is 0 Å². The van der Waals surface area contributed by atoms with Crippen LogP contribution in [0.4, 0.5) is 5.69 Å². The predicted molar refractivity (Wildman–Crippen MR) is 73.2 cm³/mol. The molecule has 0 bridgehead atoms. The average Bonchev–Trinajstić information content (AvgIpc) is 2.32. The van der Waals surface area contributed by atoms with Gasteiger partial charge in [0, 0.05) is 29.3 Å². The van der Waals surface area contributed by atoms with Crippen LogP contribution in [0.3, 0.4) is 0 Å². The molecular weight excluding hydrogens is 264 g/mol. The number of hydrogen-bond donors (Lipinski definition) is 1. The smallest absolute Gasteiger partial charge is 0.0407 e. The Bertz CT molecular complexity index is 357. The molecule has 1 saturated heterocycles. The Hall–Kier alpha value is -0.540. The largest absolute Gasteiger partial charge is 0.371 e. The molecule has 0 unspecified atom stereocenters. The average molecular weight is 283 g/mol. The summed E-state index contributed by atoms with van der Waals surface area (Å²) in [7, 11) is 2.06. The molecule has 0 spiro atoms. The van der Waals surface area contributed by atoms with E-state index in [0.29, 0.717) is 6.04 Å². The van der Waals surface area contributed by atoms with Gasteiger partial charge in [0.2, 0.25) is 0 Å². The van der Waals surface area contributed by atoms with Gasteiger partial charge >= 0.3 is 0 Å². The quantitative estimate of drug-likeness (QED) is 0.897. The van der Waals surface area contributed by atoms with Crippen molar-refractivity contribution in [1.82, 2.24) is 5.32 Å². The molecule has 3 heteroatoms. The minimum absolute atomic E-state index is 0.698. The second kappa shape index (κ2) is 5.19. The predicted octanol–water partition coefficient (Wildman–Crippen LogP) is 2.95. The summed E-state index contributed by atoms with van der Waals surface area (Å²) >= 11 is 3.55. The van der Waals surface area contributed by atoms with Crippen LogP contribution in [0.1, 0.15) is 18.4 Å². The SMILES string of the molecule is CNC1CCN(c2cc(Br)ccc2C)CC1. The summed E-state index contributed by atoms with van der Waals surface area (Å²) in [6.07, 6.45) is 2.48. The summed E-state index contributed by atoms with van der Waals surface area (Å²) in [6, 6.07) is 7.22. The van der Waals surface area contributed by atoms with Gasteiger partial charge in [-0.15, -0.1) is 0 Å². The molecule has 1 aliphatic heterocycles. The Morgan fingerprint density at radius 3 is 2.62 bits per heavy atom. The lowest BCUT2D eigenvalue weighted by atomic mass is 10.0. The maximum Gasteiger partial charge on any atom is 0.0407 e. The van der Waals surface area contributed by atoms with Crippen LogP contribution >= 0.6 is 15.9 Å². The second-order valence-corrected chi connectivity index (χ2v) is 5.40. The maximum atomic E-state index is 3.55. The van der Waals surface area contributed by atoms with Crippen LogP contribution in [0.5, 0.6) is 0 Å². The number of rotatable bonds is 2. The standard InChI is InChI=1S/C13H19BrN2/c1-10-3-4-11(14)9-13(10)16-7-5-12(15-2)6-8-16/h3-4,9,12,15H,5-8H2,1-2H3. The monoisotopic (exact) mass is 282 g/mol. The Kier molecular flexibility index (Phi) is 3.87. The third kappa shape index (κ3) is 2.58. The van der Waals surface area contributed by atoms with Crippen molar-refractivity contribution in [2.75, 3.05) is 25.0 Å². The van der Waals surface area contributed by atoms with Gasteiger partial charge in [0.25, 0.3) is 0 Å². The summed E-state index contributed by atoms with van der Waals surface area (Å²) in [5.41, 5.74) is 2.75. The Morgan fingerprint density at radius 2 is 2.00 bits per heavy atom. The maximum absolute atomic E-state index is 3.55. The molecular formula is C13H19BrN2. The van der Waals surface area contributed by atoms with E-state index < -0.39 is 0 Å². The van der Waals surface area contributed by atoms with E-state index in [9.17, 15) is 0 Å². The van der Waals surface area contributed by atoms with Gasteiger partial charge in [0.15, 0.2) is 0 Å². The van der Waals surface area contributed by atoms with Gasteiger partial charge < -0.3 is 10.2 Å². The van der Waals surface area contributed by atoms with Gasteiger partial charge in [-0.2, -0.15) is 0 Å². The fourth-order valence-corrected chi connectivity index (χ4v) is 2.68. The molecule has 2 rings (SSSR count). The topological polar surface area (TPSA) is 15.3 Å². The Labute approximate surface area is 106 Å². The van der Waals surface area contributed by atoms with Crippen LogP contribution in [-0.4, -0.2) is 26.2 Å². The first kappa shape index (κ1) is 11.9. The number of anilines is 1. The van der Waals surface area contributed by atoms with Gasteiger partial charge in [0.05, 0.1) is 0 Å². The molecule has 1 aromatic carbocycles. The van der Waals surface area contributed by atoms with Crippen molar-refractivity contribution in [1.29, 1.82) is 0 Å². The summed E-state index contributed by atoms with van der Waals surface area (Å²) in [4.78, 5) is 2.49. The Balaban J connectivity index is 2.10. The van der Waals surface area contributed by atoms with Crippen molar-refractivity contribution in [2.45, 2.75) is 25.8 Å². The second-order valence-electron chi connectivity index (χ2n) is 4.48. The lowest BCUT2D eigenvalue weighted by Crippen LogP contribution is -2.41. The number of hydrogen-bond acceptors (Lipinski definition) is 2. The van der Waals surface area contributed by atoms with Gasteiger partial charge in [0.1, 0.15) is 0 Å². The van der Waals surface area contributed by atoms with Crippen LogP contribution in [0.15, 0.2) is 22.7 Å². The van der Waals surface area contributed by atoms with Gasteiger partial charge in [-0.05, 0) is 44.5 Å². The number of piperidine rings is 1. The fraction of sp³-hybridized carbons (Fsp3) is 0.538. The minimum atomic E-state index is 0.698. The van der Waals surface area contributed by atoms with E-state index in [1.54, 1.807) is 0 Å². The minimum Gasteiger partial charge on any atom is -0.371 e. The number of nitrogens with zero attached hydrogens (tertiary/aromatic N) is 1. The fourth-order valence-electron chi connectivity index (χ4n) is 2.33. The van der Waals surface area contributed by atoms with E-state index >= 15 is 0 Å². The van der Waals surface area contributed by atoms with Crippen LogP contribution in [0.2, 0.25) is 0 Å². The van der Waals surface area contributed by atoms with E-state index in [1.165, 1.54) is 28.6 Å². The van der Waals surface area contributed by atoms with Crippen molar-refractivity contribution >= 4 is 21.6 Å². The lowest BCUT2D eigenvalue weighted by Gasteiger charge is -2.34. The lowest BCUT2D eigenvalue weighted by molar-refractivity contribution is 0.442. The van der Waals surface area contributed by atoms with E-state index in [2.05, 4.69) is 58.3 Å². The third-order valence-corrected chi connectivity index (χ3v) is 3.91. The van der Waals surface area contributed by atoms with Gasteiger partial charge in [-0.3, -0.25) is 0 Å². The first-order valence-electron chi connectivity index (χ1n) is 5.89. The molecule has 0 saturated carbocycles. The van der Waals surface area contributed by atoms with Crippen LogP contribution in [0.25, 0.3) is 0 Å². The third-order valence-electron chi connectivity index (χ3n) is 3.42. The molecule has 1 fully saturated rings. The summed E-state index contributed by atoms with van der Waals surface area (Å²) in [5, 5.41) is 3.37. The number of aryl methyl sites for hydroxylation is 1. The normalized spacial score (nSPS) is 17.8. The summed E-state index contributed by atoms with van der Waals surface area (Å²) in [5.74, 6) is 0. The van der Waals surface area contributed by atoms with E-state index in [1.807, 2.05) is 0 Å². The molecule has 88 valence electrons. The van der Waals surface area contributed by atoms with Gasteiger partial charge in [-0.1, -0.05) is 22.0 Å². The van der Waals surface area contributed by atoms with Crippen molar-refractivity contribution in [3.05, 3.63) is 28.2 Å². The number of benzene rings is 1. The molecule has 1 aromatic rings. The number of nitrogens with one attached hydrogen (secondary N) is 1. The number of halogens is 1. The highest BCUT2D eigenvalue weighted by Crippen LogP contribution is 2.27. The first-order valence-corrected chi connectivity index (χ1v) is 6.68. The zero-order valence-corrected chi connectivity index (χ0v) is 11.5. The molecule has 2 nitrogen and oxygen atoms in total. The molecule has 1 heterocycles. The first-order chi connectivity index (χ1) is 7.70.